The second-order valence-electron chi connectivity index (χ2n) is 5.46. The van der Waals surface area contributed by atoms with E-state index in [-0.39, 0.29) is 18.7 Å². The number of rotatable bonds is 3. The molecule has 0 fully saturated rings. The molecule has 4 nitrogen and oxygen atoms in total. The van der Waals surface area contributed by atoms with Gasteiger partial charge in [0.05, 0.1) is 18.7 Å². The molecule has 1 aliphatic heterocycles. The fourth-order valence-electron chi connectivity index (χ4n) is 2.72. The molecule has 0 aliphatic carbocycles. The maximum atomic E-state index is 12.6. The number of aliphatic carboxylic acids is 1. The zero-order valence-electron chi connectivity index (χ0n) is 12.6. The van der Waals surface area contributed by atoms with E-state index >= 15 is 0 Å². The summed E-state index contributed by atoms with van der Waals surface area (Å²) in [5.41, 5.74) is 3.87. The van der Waals surface area contributed by atoms with Gasteiger partial charge in [-0.1, -0.05) is 54.6 Å². The molecule has 0 bridgehead atoms. The second kappa shape index (κ2) is 6.48. The van der Waals surface area contributed by atoms with Gasteiger partial charge in [0.25, 0.3) is 0 Å². The molecule has 0 radical (unpaired) electrons. The number of carbonyl (C=O) groups excluding carboxylic acids is 1. The van der Waals surface area contributed by atoms with Gasteiger partial charge in [-0.3, -0.25) is 9.59 Å². The lowest BCUT2D eigenvalue weighted by Crippen LogP contribution is -2.31. The van der Waals surface area contributed by atoms with Crippen LogP contribution in [0.25, 0.3) is 12.2 Å². The summed E-state index contributed by atoms with van der Waals surface area (Å²) in [7, 11) is 0. The van der Waals surface area contributed by atoms with Crippen molar-refractivity contribution in [2.75, 3.05) is 4.90 Å². The van der Waals surface area contributed by atoms with Crippen LogP contribution in [0.2, 0.25) is 0 Å². The van der Waals surface area contributed by atoms with Crippen molar-refractivity contribution >= 4 is 29.7 Å². The predicted octanol–water partition coefficient (Wildman–Crippen LogP) is 3.57. The van der Waals surface area contributed by atoms with Crippen LogP contribution in [0.3, 0.4) is 0 Å². The number of carboxylic acid groups (broad SMARTS) is 1. The van der Waals surface area contributed by atoms with Crippen molar-refractivity contribution in [2.45, 2.75) is 19.4 Å². The number of carbonyl (C=O) groups is 2. The summed E-state index contributed by atoms with van der Waals surface area (Å²) in [6.45, 7) is 0.440. The van der Waals surface area contributed by atoms with Gasteiger partial charge in [0.2, 0.25) is 5.91 Å². The van der Waals surface area contributed by atoms with Crippen LogP contribution in [-0.4, -0.2) is 17.0 Å². The highest BCUT2D eigenvalue weighted by Gasteiger charge is 2.21. The molecular formula is C19H17NO3. The third-order valence-corrected chi connectivity index (χ3v) is 3.91. The van der Waals surface area contributed by atoms with E-state index in [1.54, 1.807) is 4.90 Å². The van der Waals surface area contributed by atoms with Gasteiger partial charge >= 0.3 is 5.97 Å². The van der Waals surface area contributed by atoms with Crippen molar-refractivity contribution in [3.8, 4) is 0 Å². The smallest absolute Gasteiger partial charge is 0.303 e. The molecule has 0 atom stereocenters. The zero-order chi connectivity index (χ0) is 16.2. The van der Waals surface area contributed by atoms with E-state index in [1.165, 1.54) is 0 Å². The minimum absolute atomic E-state index is 0.00442. The lowest BCUT2D eigenvalue weighted by atomic mass is 10.0. The maximum absolute atomic E-state index is 12.6. The minimum atomic E-state index is -0.959. The Labute approximate surface area is 134 Å². The van der Waals surface area contributed by atoms with Crippen molar-refractivity contribution in [1.29, 1.82) is 0 Å². The summed E-state index contributed by atoms with van der Waals surface area (Å²) < 4.78 is 0. The average Bonchev–Trinajstić information content (AvgIpc) is 2.55. The van der Waals surface area contributed by atoms with E-state index in [4.69, 9.17) is 5.11 Å². The number of amides is 1. The lowest BCUT2D eigenvalue weighted by Gasteiger charge is -2.27. The van der Waals surface area contributed by atoms with Crippen LogP contribution < -0.4 is 4.90 Å². The fourth-order valence-corrected chi connectivity index (χ4v) is 2.72. The van der Waals surface area contributed by atoms with E-state index < -0.39 is 5.97 Å². The SMILES string of the molecule is O=C(O)CCC(=O)N1Cc2ccccc2/C=C\c2ccccc21. The Hall–Kier alpha value is -2.88. The topological polar surface area (TPSA) is 57.6 Å². The Bertz CT molecular complexity index is 780. The van der Waals surface area contributed by atoms with Gasteiger partial charge in [0.1, 0.15) is 0 Å². The molecule has 1 amide bonds. The van der Waals surface area contributed by atoms with E-state index in [0.29, 0.717) is 6.54 Å². The monoisotopic (exact) mass is 307 g/mol. The standard InChI is InChI=1S/C19H17NO3/c21-18(11-12-19(22)23)20-13-16-7-2-1-5-14(16)9-10-15-6-3-4-8-17(15)20/h1-10H,11-13H2,(H,22,23)/b10-9-. The van der Waals surface area contributed by atoms with Gasteiger partial charge in [0, 0.05) is 6.42 Å². The Morgan fingerprint density at radius 3 is 2.35 bits per heavy atom. The van der Waals surface area contributed by atoms with Crippen molar-refractivity contribution < 1.29 is 14.7 Å². The molecule has 3 rings (SSSR count). The van der Waals surface area contributed by atoms with Gasteiger partial charge in [-0.2, -0.15) is 0 Å². The normalized spacial score (nSPS) is 14.2. The quantitative estimate of drug-likeness (QED) is 0.943. The Morgan fingerprint density at radius 1 is 0.913 bits per heavy atom. The molecule has 1 heterocycles. The highest BCUT2D eigenvalue weighted by molar-refractivity contribution is 5.98. The molecular weight excluding hydrogens is 290 g/mol. The predicted molar refractivity (Wildman–Crippen MR) is 89.9 cm³/mol. The largest absolute Gasteiger partial charge is 0.481 e. The average molecular weight is 307 g/mol. The molecule has 2 aromatic carbocycles. The Kier molecular flexibility index (Phi) is 4.24. The molecule has 0 saturated heterocycles. The first-order valence-corrected chi connectivity index (χ1v) is 7.52. The van der Waals surface area contributed by atoms with Crippen molar-refractivity contribution in [2.24, 2.45) is 0 Å². The van der Waals surface area contributed by atoms with E-state index in [0.717, 1.165) is 22.4 Å². The highest BCUT2D eigenvalue weighted by Crippen LogP contribution is 2.29. The summed E-state index contributed by atoms with van der Waals surface area (Å²) in [6, 6.07) is 15.6. The summed E-state index contributed by atoms with van der Waals surface area (Å²) in [6.07, 6.45) is 3.88. The fraction of sp³-hybridized carbons (Fsp3) is 0.158. The van der Waals surface area contributed by atoms with Crippen LogP contribution in [0.5, 0.6) is 0 Å². The van der Waals surface area contributed by atoms with E-state index in [1.807, 2.05) is 60.7 Å². The van der Waals surface area contributed by atoms with Crippen LogP contribution >= 0.6 is 0 Å². The molecule has 23 heavy (non-hydrogen) atoms. The molecule has 116 valence electrons. The molecule has 0 aromatic heterocycles. The van der Waals surface area contributed by atoms with Gasteiger partial charge in [-0.05, 0) is 22.8 Å². The number of anilines is 1. The van der Waals surface area contributed by atoms with Crippen LogP contribution in [0.15, 0.2) is 48.5 Å². The molecule has 1 N–H and O–H groups in total. The molecule has 0 saturated carbocycles. The lowest BCUT2D eigenvalue weighted by molar-refractivity contribution is -0.138. The number of carboxylic acids is 1. The number of benzene rings is 2. The van der Waals surface area contributed by atoms with Crippen molar-refractivity contribution in [1.82, 2.24) is 0 Å². The minimum Gasteiger partial charge on any atom is -0.481 e. The maximum Gasteiger partial charge on any atom is 0.303 e. The Morgan fingerprint density at radius 2 is 1.57 bits per heavy atom. The molecule has 4 heteroatoms. The van der Waals surface area contributed by atoms with Crippen LogP contribution in [0.4, 0.5) is 5.69 Å². The first kappa shape index (κ1) is 15.0. The number of para-hydroxylation sites is 1. The summed E-state index contributed by atoms with van der Waals surface area (Å²) >= 11 is 0. The molecule has 2 aromatic rings. The van der Waals surface area contributed by atoms with Gasteiger partial charge in [-0.15, -0.1) is 0 Å². The summed E-state index contributed by atoms with van der Waals surface area (Å²) in [5.74, 6) is -1.14. The first-order chi connectivity index (χ1) is 11.1. The number of hydrogen-bond acceptors (Lipinski definition) is 2. The third kappa shape index (κ3) is 3.31. The zero-order valence-corrected chi connectivity index (χ0v) is 12.6. The summed E-state index contributed by atoms with van der Waals surface area (Å²) in [4.78, 5) is 25.0. The molecule has 0 spiro atoms. The molecule has 0 unspecified atom stereocenters. The van der Waals surface area contributed by atoms with Gasteiger partial charge in [0.15, 0.2) is 0 Å². The first-order valence-electron chi connectivity index (χ1n) is 7.52. The van der Waals surface area contributed by atoms with Crippen molar-refractivity contribution in [3.05, 3.63) is 65.2 Å². The third-order valence-electron chi connectivity index (χ3n) is 3.91. The number of fused-ring (bicyclic) bond motifs is 2. The molecule has 1 aliphatic rings. The highest BCUT2D eigenvalue weighted by atomic mass is 16.4. The van der Waals surface area contributed by atoms with Crippen LogP contribution in [0.1, 0.15) is 29.5 Å². The van der Waals surface area contributed by atoms with Gasteiger partial charge < -0.3 is 10.0 Å². The number of nitrogens with zero attached hydrogens (tertiary/aromatic N) is 1. The van der Waals surface area contributed by atoms with Crippen LogP contribution in [-0.2, 0) is 16.1 Å². The van der Waals surface area contributed by atoms with E-state index in [9.17, 15) is 9.59 Å². The Balaban J connectivity index is 2.02. The number of hydrogen-bond donors (Lipinski definition) is 1. The van der Waals surface area contributed by atoms with E-state index in [2.05, 4.69) is 0 Å². The second-order valence-corrected chi connectivity index (χ2v) is 5.46. The van der Waals surface area contributed by atoms with Crippen LogP contribution in [0, 0.1) is 0 Å². The summed E-state index contributed by atoms with van der Waals surface area (Å²) in [5, 5.41) is 8.83. The van der Waals surface area contributed by atoms with Crippen molar-refractivity contribution in [3.63, 3.8) is 0 Å². The van der Waals surface area contributed by atoms with Gasteiger partial charge in [-0.25, -0.2) is 0 Å².